The van der Waals surface area contributed by atoms with E-state index in [1.54, 1.807) is 19.2 Å². The molecule has 0 amide bonds. The highest BCUT2D eigenvalue weighted by Gasteiger charge is 2.38. The molecule has 2 atom stereocenters. The molecule has 0 fully saturated rings. The van der Waals surface area contributed by atoms with Crippen molar-refractivity contribution in [3.63, 3.8) is 0 Å². The van der Waals surface area contributed by atoms with Gasteiger partial charge in [0.25, 0.3) is 5.56 Å². The third-order valence-electron chi connectivity index (χ3n) is 5.59. The topological polar surface area (TPSA) is 95.2 Å². The van der Waals surface area contributed by atoms with Gasteiger partial charge in [-0.3, -0.25) is 13.9 Å². The van der Waals surface area contributed by atoms with E-state index in [2.05, 4.69) is 4.98 Å². The smallest absolute Gasteiger partial charge is 0.331 e. The second kappa shape index (κ2) is 7.40. The largest absolute Gasteiger partial charge is 0.448 e. The lowest BCUT2D eigenvalue weighted by Gasteiger charge is -2.30. The number of fused-ring (bicyclic) bond motifs is 3. The Morgan fingerprint density at radius 3 is 2.68 bits per heavy atom. The molecule has 162 valence electrons. The van der Waals surface area contributed by atoms with Gasteiger partial charge in [-0.1, -0.05) is 0 Å². The Kier molecular flexibility index (Phi) is 4.93. The molecule has 0 radical (unpaired) electrons. The molecule has 8 nitrogen and oxygen atoms in total. The van der Waals surface area contributed by atoms with E-state index in [4.69, 9.17) is 16.0 Å². The van der Waals surface area contributed by atoms with Gasteiger partial charge in [0.15, 0.2) is 5.22 Å². The zero-order valence-electron chi connectivity index (χ0n) is 17.0. The minimum Gasteiger partial charge on any atom is -0.448 e. The van der Waals surface area contributed by atoms with Gasteiger partial charge in [-0.15, -0.1) is 23.1 Å². The van der Waals surface area contributed by atoms with Crippen molar-refractivity contribution in [1.29, 1.82) is 0 Å². The molecule has 31 heavy (non-hydrogen) atoms. The first-order valence-electron chi connectivity index (χ1n) is 9.58. The van der Waals surface area contributed by atoms with Crippen LogP contribution < -0.4 is 11.2 Å². The predicted octanol–water partition coefficient (Wildman–Crippen LogP) is 2.91. The lowest BCUT2D eigenvalue weighted by molar-refractivity contribution is 0.283. The summed E-state index contributed by atoms with van der Waals surface area (Å²) < 4.78 is 10.4. The van der Waals surface area contributed by atoms with Gasteiger partial charge in [-0.25, -0.2) is 9.78 Å². The van der Waals surface area contributed by atoms with Crippen LogP contribution in [0.1, 0.15) is 21.7 Å². The number of hydrogen-bond acceptors (Lipinski definition) is 7. The van der Waals surface area contributed by atoms with Crippen molar-refractivity contribution < 1.29 is 9.52 Å². The van der Waals surface area contributed by atoms with Gasteiger partial charge < -0.3 is 14.1 Å². The lowest BCUT2D eigenvalue weighted by atomic mass is 10.2. The van der Waals surface area contributed by atoms with Crippen molar-refractivity contribution in [2.45, 2.75) is 24.0 Å². The third-order valence-corrected chi connectivity index (χ3v) is 7.97. The van der Waals surface area contributed by atoms with E-state index in [0.29, 0.717) is 34.6 Å². The maximum absolute atomic E-state index is 13.3. The summed E-state index contributed by atoms with van der Waals surface area (Å²) in [6.45, 7) is 2.33. The van der Waals surface area contributed by atoms with Crippen molar-refractivity contribution in [3.8, 4) is 11.4 Å². The first kappa shape index (κ1) is 20.6. The van der Waals surface area contributed by atoms with Crippen LogP contribution in [-0.2, 0) is 20.6 Å². The molecule has 0 aromatic carbocycles. The Bertz CT molecular complexity index is 1440. The van der Waals surface area contributed by atoms with Crippen LogP contribution in [0, 0.1) is 6.92 Å². The van der Waals surface area contributed by atoms with Gasteiger partial charge in [0.1, 0.15) is 11.0 Å². The molecule has 0 spiro atoms. The van der Waals surface area contributed by atoms with Crippen molar-refractivity contribution >= 4 is 45.6 Å². The van der Waals surface area contributed by atoms with Crippen molar-refractivity contribution in [1.82, 2.24) is 18.7 Å². The Morgan fingerprint density at radius 1 is 1.29 bits per heavy atom. The average molecular weight is 479 g/mol. The minimum atomic E-state index is -0.405. The highest BCUT2D eigenvalue weighted by atomic mass is 35.5. The van der Waals surface area contributed by atoms with Crippen LogP contribution in [0.5, 0.6) is 0 Å². The van der Waals surface area contributed by atoms with Crippen molar-refractivity contribution in [2.75, 3.05) is 6.61 Å². The van der Waals surface area contributed by atoms with Gasteiger partial charge >= 0.3 is 5.69 Å². The van der Waals surface area contributed by atoms with Gasteiger partial charge in [0.05, 0.1) is 39.6 Å². The van der Waals surface area contributed by atoms with Crippen molar-refractivity contribution in [3.05, 3.63) is 60.0 Å². The maximum Gasteiger partial charge on any atom is 0.331 e. The van der Waals surface area contributed by atoms with Crippen LogP contribution in [0.2, 0.25) is 5.22 Å². The molecule has 5 rings (SSSR count). The molecule has 0 saturated carbocycles. The fraction of sp³-hybridized carbons (Fsp3) is 0.350. The normalized spacial score (nSPS) is 18.6. The fourth-order valence-corrected chi connectivity index (χ4v) is 6.29. The summed E-state index contributed by atoms with van der Waals surface area (Å²) in [5.41, 5.74) is 1.88. The number of rotatable bonds is 3. The highest BCUT2D eigenvalue weighted by Crippen LogP contribution is 2.49. The minimum absolute atomic E-state index is 0.0456. The summed E-state index contributed by atoms with van der Waals surface area (Å²) >= 11 is 9.07. The Morgan fingerprint density at radius 2 is 2.06 bits per heavy atom. The SMILES string of the molecule is Cc1nc(-c2c3c(=O)n(C)c(=O)n(C)c3c3n2C[C@@H](CO)S[C@H]3c2ccc(Cl)o2)cs1. The molecule has 0 aliphatic carbocycles. The molecule has 4 aromatic heterocycles. The third kappa shape index (κ3) is 3.04. The summed E-state index contributed by atoms with van der Waals surface area (Å²) in [7, 11) is 3.14. The van der Waals surface area contributed by atoms with E-state index in [1.165, 1.54) is 34.7 Å². The second-order valence-corrected chi connectivity index (χ2v) is 10.3. The fourth-order valence-electron chi connectivity index (χ4n) is 4.21. The number of furan rings is 1. The van der Waals surface area contributed by atoms with Crippen LogP contribution in [-0.4, -0.2) is 35.6 Å². The molecule has 5 heterocycles. The number of halogens is 1. The zero-order chi connectivity index (χ0) is 22.0. The first-order valence-corrected chi connectivity index (χ1v) is 11.8. The maximum atomic E-state index is 13.3. The lowest BCUT2D eigenvalue weighted by Crippen LogP contribution is -2.37. The van der Waals surface area contributed by atoms with Crippen LogP contribution >= 0.6 is 34.7 Å². The summed E-state index contributed by atoms with van der Waals surface area (Å²) in [6, 6.07) is 3.45. The highest BCUT2D eigenvalue weighted by molar-refractivity contribution is 8.00. The van der Waals surface area contributed by atoms with E-state index < -0.39 is 5.69 Å². The molecule has 0 bridgehead atoms. The molecular weight excluding hydrogens is 460 g/mol. The van der Waals surface area contributed by atoms with Gasteiger partial charge in [-0.2, -0.15) is 0 Å². The summed E-state index contributed by atoms with van der Waals surface area (Å²) in [4.78, 5) is 30.8. The molecule has 1 aliphatic rings. The molecule has 1 N–H and O–H groups in total. The molecule has 0 unspecified atom stereocenters. The Labute approximate surface area is 189 Å². The molecule has 0 saturated heterocycles. The van der Waals surface area contributed by atoms with Crippen LogP contribution in [0.25, 0.3) is 22.3 Å². The van der Waals surface area contributed by atoms with E-state index >= 15 is 0 Å². The standard InChI is InChI=1S/C20H19ClN4O4S2/c1-9-22-11(8-30-9)15-14-16(23(2)20(28)24(3)19(14)27)17-18(12-4-5-13(21)29-12)31-10(7-26)6-25(15)17/h4-5,8,10,18,26H,6-7H2,1-3H3/t10-,18-/m0/s1. The first-order chi connectivity index (χ1) is 14.8. The molecular formula is C20H19ClN4O4S2. The van der Waals surface area contributed by atoms with Gasteiger partial charge in [-0.05, 0) is 30.7 Å². The van der Waals surface area contributed by atoms with Crippen LogP contribution in [0.4, 0.5) is 0 Å². The number of aliphatic hydroxyl groups is 1. The zero-order valence-corrected chi connectivity index (χ0v) is 19.3. The van der Waals surface area contributed by atoms with E-state index in [1.807, 2.05) is 16.9 Å². The number of nitrogens with zero attached hydrogens (tertiary/aromatic N) is 4. The monoisotopic (exact) mass is 478 g/mol. The molecule has 1 aliphatic heterocycles. The van der Waals surface area contributed by atoms with E-state index in [0.717, 1.165) is 15.3 Å². The number of aromatic nitrogens is 4. The van der Waals surface area contributed by atoms with Crippen molar-refractivity contribution in [2.24, 2.45) is 14.1 Å². The number of aliphatic hydroxyl groups excluding tert-OH is 1. The Hall–Kier alpha value is -2.27. The van der Waals surface area contributed by atoms with Crippen LogP contribution in [0.3, 0.4) is 0 Å². The van der Waals surface area contributed by atoms with Gasteiger partial charge in [0.2, 0.25) is 0 Å². The van der Waals surface area contributed by atoms with E-state index in [9.17, 15) is 14.7 Å². The summed E-state index contributed by atoms with van der Waals surface area (Å²) in [5.74, 6) is 0.600. The molecule has 4 aromatic rings. The number of thioether (sulfide) groups is 1. The summed E-state index contributed by atoms with van der Waals surface area (Å²) in [6.07, 6.45) is 0. The van der Waals surface area contributed by atoms with Gasteiger partial charge in [0, 0.05) is 31.3 Å². The van der Waals surface area contributed by atoms with E-state index in [-0.39, 0.29) is 27.9 Å². The number of hydrogen-bond donors (Lipinski definition) is 1. The second-order valence-electron chi connectivity index (χ2n) is 7.49. The molecule has 11 heteroatoms. The Balaban J connectivity index is 1.96. The quantitative estimate of drug-likeness (QED) is 0.486. The number of thiazole rings is 1. The van der Waals surface area contributed by atoms with Crippen LogP contribution in [0.15, 0.2) is 31.5 Å². The number of aryl methyl sites for hydroxylation is 2. The average Bonchev–Trinajstić information content (AvgIpc) is 3.46. The predicted molar refractivity (Wildman–Crippen MR) is 122 cm³/mol. The summed E-state index contributed by atoms with van der Waals surface area (Å²) in [5, 5.41) is 13.0.